The van der Waals surface area contributed by atoms with Crippen LogP contribution in [0.5, 0.6) is 0 Å². The first-order valence-corrected chi connectivity index (χ1v) is 9.30. The number of nitrogens with one attached hydrogen (secondary N) is 3. The van der Waals surface area contributed by atoms with Crippen molar-refractivity contribution in [1.29, 1.82) is 0 Å². The summed E-state index contributed by atoms with van der Waals surface area (Å²) >= 11 is 5.94. The average molecular weight is 421 g/mol. The lowest BCUT2D eigenvalue weighted by molar-refractivity contribution is -0.122. The van der Waals surface area contributed by atoms with Crippen LogP contribution in [0, 0.1) is 12.7 Å². The van der Waals surface area contributed by atoms with Gasteiger partial charge in [0.2, 0.25) is 11.8 Å². The van der Waals surface area contributed by atoms with Crippen molar-refractivity contribution in [3.8, 4) is 0 Å². The van der Waals surface area contributed by atoms with Crippen molar-refractivity contribution in [2.24, 2.45) is 0 Å². The van der Waals surface area contributed by atoms with E-state index in [4.69, 9.17) is 11.6 Å². The molecule has 9 heteroatoms. The number of aryl methyl sites for hydroxylation is 1. The third-order valence-corrected chi connectivity index (χ3v) is 4.27. The Morgan fingerprint density at radius 2 is 1.69 bits per heavy atom. The highest BCUT2D eigenvalue weighted by atomic mass is 35.5. The van der Waals surface area contributed by atoms with Gasteiger partial charge in [-0.2, -0.15) is 0 Å². The van der Waals surface area contributed by atoms with Crippen LogP contribution in [-0.4, -0.2) is 42.4 Å². The van der Waals surface area contributed by atoms with Gasteiger partial charge >= 0.3 is 6.03 Å². The van der Waals surface area contributed by atoms with Crippen molar-refractivity contribution in [2.45, 2.75) is 13.8 Å². The molecule has 2 aromatic carbocycles. The molecular formula is C20H22ClFN4O3. The van der Waals surface area contributed by atoms with Gasteiger partial charge in [0.25, 0.3) is 0 Å². The van der Waals surface area contributed by atoms with E-state index in [1.807, 2.05) is 6.92 Å². The first-order valence-electron chi connectivity index (χ1n) is 8.92. The lowest BCUT2D eigenvalue weighted by Crippen LogP contribution is -2.44. The molecule has 154 valence electrons. The van der Waals surface area contributed by atoms with E-state index in [-0.39, 0.29) is 24.7 Å². The molecule has 0 aromatic heterocycles. The number of urea groups is 1. The maximum absolute atomic E-state index is 13.5. The molecule has 0 spiro atoms. The Morgan fingerprint density at radius 1 is 1.00 bits per heavy atom. The van der Waals surface area contributed by atoms with E-state index in [0.29, 0.717) is 17.3 Å². The van der Waals surface area contributed by atoms with E-state index < -0.39 is 17.8 Å². The molecule has 2 rings (SSSR count). The summed E-state index contributed by atoms with van der Waals surface area (Å²) in [5.41, 5.74) is 1.40. The number of benzene rings is 2. The number of rotatable bonds is 7. The second-order valence-corrected chi connectivity index (χ2v) is 6.73. The lowest BCUT2D eigenvalue weighted by atomic mass is 10.2. The number of nitrogens with zero attached hydrogens (tertiary/aromatic N) is 1. The fraction of sp³-hybridized carbons (Fsp3) is 0.250. The van der Waals surface area contributed by atoms with Crippen LogP contribution in [0.25, 0.3) is 0 Å². The SMILES string of the molecule is CCN(CC(=O)NC(=O)Nc1ccccc1F)CC(=O)Nc1cc(Cl)ccc1C. The molecule has 0 saturated carbocycles. The predicted octanol–water partition coefficient (Wildman–Crippen LogP) is 3.40. The third kappa shape index (κ3) is 7.17. The van der Waals surface area contributed by atoms with E-state index in [0.717, 1.165) is 5.56 Å². The second kappa shape index (κ2) is 10.5. The molecule has 0 aliphatic heterocycles. The Hall–Kier alpha value is -2.97. The fourth-order valence-electron chi connectivity index (χ4n) is 2.49. The molecule has 4 amide bonds. The monoisotopic (exact) mass is 420 g/mol. The van der Waals surface area contributed by atoms with Crippen LogP contribution in [0.3, 0.4) is 0 Å². The van der Waals surface area contributed by atoms with E-state index in [2.05, 4.69) is 16.0 Å². The zero-order valence-corrected chi connectivity index (χ0v) is 16.8. The van der Waals surface area contributed by atoms with E-state index >= 15 is 0 Å². The highest BCUT2D eigenvalue weighted by molar-refractivity contribution is 6.31. The maximum atomic E-state index is 13.5. The standard InChI is InChI=1S/C20H22ClFN4O3/c1-3-26(11-18(27)23-17-10-14(21)9-8-13(17)2)12-19(28)25-20(29)24-16-7-5-4-6-15(16)22/h4-10H,3,11-12H2,1-2H3,(H,23,27)(H2,24,25,28,29). The highest BCUT2D eigenvalue weighted by Gasteiger charge is 2.16. The summed E-state index contributed by atoms with van der Waals surface area (Å²) in [6.45, 7) is 3.80. The van der Waals surface area contributed by atoms with Crippen molar-refractivity contribution >= 4 is 40.8 Å². The molecule has 0 unspecified atom stereocenters. The van der Waals surface area contributed by atoms with Crippen LogP contribution >= 0.6 is 11.6 Å². The average Bonchev–Trinajstić information content (AvgIpc) is 2.65. The van der Waals surface area contributed by atoms with Crippen LogP contribution in [-0.2, 0) is 9.59 Å². The number of hydrogen-bond donors (Lipinski definition) is 3. The largest absolute Gasteiger partial charge is 0.326 e. The minimum Gasteiger partial charge on any atom is -0.325 e. The molecule has 0 fully saturated rings. The van der Waals surface area contributed by atoms with Gasteiger partial charge < -0.3 is 10.6 Å². The summed E-state index contributed by atoms with van der Waals surface area (Å²) in [7, 11) is 0. The number of para-hydroxylation sites is 1. The van der Waals surface area contributed by atoms with Gasteiger partial charge in [-0.15, -0.1) is 0 Å². The van der Waals surface area contributed by atoms with Crippen molar-refractivity contribution in [1.82, 2.24) is 10.2 Å². The van der Waals surface area contributed by atoms with Gasteiger partial charge in [0, 0.05) is 10.7 Å². The molecule has 7 nitrogen and oxygen atoms in total. The van der Waals surface area contributed by atoms with E-state index in [1.165, 1.54) is 18.2 Å². The Morgan fingerprint density at radius 3 is 2.38 bits per heavy atom. The smallest absolute Gasteiger partial charge is 0.325 e. The van der Waals surface area contributed by atoms with Crippen molar-refractivity contribution in [3.05, 3.63) is 58.9 Å². The Kier molecular flexibility index (Phi) is 8.11. The van der Waals surface area contributed by atoms with Gasteiger partial charge in [-0.1, -0.05) is 36.7 Å². The Bertz CT molecular complexity index is 907. The summed E-state index contributed by atoms with van der Waals surface area (Å²) in [6.07, 6.45) is 0. The van der Waals surface area contributed by atoms with Crippen LogP contribution < -0.4 is 16.0 Å². The molecule has 3 N–H and O–H groups in total. The third-order valence-electron chi connectivity index (χ3n) is 4.03. The maximum Gasteiger partial charge on any atom is 0.326 e. The summed E-state index contributed by atoms with van der Waals surface area (Å²) in [4.78, 5) is 37.8. The number of imide groups is 1. The normalized spacial score (nSPS) is 10.5. The van der Waals surface area contributed by atoms with Crippen LogP contribution in [0.2, 0.25) is 5.02 Å². The molecule has 0 bridgehead atoms. The first-order chi connectivity index (χ1) is 13.8. The van der Waals surface area contributed by atoms with Crippen LogP contribution in [0.15, 0.2) is 42.5 Å². The molecule has 0 radical (unpaired) electrons. The zero-order valence-electron chi connectivity index (χ0n) is 16.1. The molecule has 29 heavy (non-hydrogen) atoms. The van der Waals surface area contributed by atoms with Crippen molar-refractivity contribution < 1.29 is 18.8 Å². The van der Waals surface area contributed by atoms with Gasteiger partial charge in [-0.25, -0.2) is 9.18 Å². The molecule has 0 heterocycles. The number of likely N-dealkylation sites (N-methyl/N-ethyl adjacent to an activating group) is 1. The number of amides is 4. The first kappa shape index (κ1) is 22.3. The molecular weight excluding hydrogens is 399 g/mol. The summed E-state index contributed by atoms with van der Waals surface area (Å²) in [5.74, 6) is -1.55. The number of carbonyl (C=O) groups is 3. The van der Waals surface area contributed by atoms with Crippen molar-refractivity contribution in [2.75, 3.05) is 30.3 Å². The van der Waals surface area contributed by atoms with Gasteiger partial charge in [0.05, 0.1) is 18.8 Å². The molecule has 0 aliphatic rings. The van der Waals surface area contributed by atoms with Gasteiger partial charge in [-0.05, 0) is 43.3 Å². The van der Waals surface area contributed by atoms with Gasteiger partial charge in [0.15, 0.2) is 0 Å². The second-order valence-electron chi connectivity index (χ2n) is 6.29. The molecule has 0 aliphatic carbocycles. The number of hydrogen-bond acceptors (Lipinski definition) is 4. The highest BCUT2D eigenvalue weighted by Crippen LogP contribution is 2.20. The summed E-state index contributed by atoms with van der Waals surface area (Å²) < 4.78 is 13.5. The van der Waals surface area contributed by atoms with Crippen LogP contribution in [0.4, 0.5) is 20.6 Å². The molecule has 0 saturated heterocycles. The number of halogens is 2. The number of anilines is 2. The van der Waals surface area contributed by atoms with Gasteiger partial charge in [0.1, 0.15) is 5.82 Å². The van der Waals surface area contributed by atoms with Gasteiger partial charge in [-0.3, -0.25) is 19.8 Å². The minimum absolute atomic E-state index is 0.0404. The Balaban J connectivity index is 1.85. The molecule has 0 atom stereocenters. The quantitative estimate of drug-likeness (QED) is 0.640. The molecule has 2 aromatic rings. The van der Waals surface area contributed by atoms with Crippen molar-refractivity contribution in [3.63, 3.8) is 0 Å². The number of carbonyl (C=O) groups excluding carboxylic acids is 3. The predicted molar refractivity (Wildman–Crippen MR) is 110 cm³/mol. The lowest BCUT2D eigenvalue weighted by Gasteiger charge is -2.19. The minimum atomic E-state index is -0.852. The van der Waals surface area contributed by atoms with Crippen LogP contribution in [0.1, 0.15) is 12.5 Å². The summed E-state index contributed by atoms with van der Waals surface area (Å²) in [5, 5.41) is 7.62. The summed E-state index contributed by atoms with van der Waals surface area (Å²) in [6, 6.07) is 9.91. The zero-order chi connectivity index (χ0) is 21.4. The topological polar surface area (TPSA) is 90.5 Å². The van der Waals surface area contributed by atoms with E-state index in [1.54, 1.807) is 36.1 Å². The Labute approximate surface area is 173 Å². The fourth-order valence-corrected chi connectivity index (χ4v) is 2.66. The van der Waals surface area contributed by atoms with E-state index in [9.17, 15) is 18.8 Å².